The topological polar surface area (TPSA) is 86.7 Å². The molecule has 1 heterocycles. The van der Waals surface area contributed by atoms with Gasteiger partial charge in [0.05, 0.1) is 8.95 Å². The van der Waals surface area contributed by atoms with Crippen molar-refractivity contribution in [3.8, 4) is 0 Å². The van der Waals surface area contributed by atoms with Gasteiger partial charge in [0.15, 0.2) is 5.82 Å². The second-order valence-corrected chi connectivity index (χ2v) is 8.43. The summed E-state index contributed by atoms with van der Waals surface area (Å²) in [5, 5.41) is 9.00. The van der Waals surface area contributed by atoms with Gasteiger partial charge in [-0.15, -0.1) is 0 Å². The van der Waals surface area contributed by atoms with Gasteiger partial charge >= 0.3 is 6.09 Å². The summed E-state index contributed by atoms with van der Waals surface area (Å²) < 4.78 is 53.9. The Morgan fingerprint density at radius 3 is 2.57 bits per heavy atom. The lowest BCUT2D eigenvalue weighted by Crippen LogP contribution is -2.39. The van der Waals surface area contributed by atoms with Gasteiger partial charge in [0, 0.05) is 18.6 Å². The number of benzene rings is 1. The molecule has 1 aliphatic heterocycles. The Bertz CT molecular complexity index is 734. The van der Waals surface area contributed by atoms with Crippen molar-refractivity contribution in [2.75, 3.05) is 6.54 Å². The summed E-state index contributed by atoms with van der Waals surface area (Å²) in [5.41, 5.74) is 0. The molecular weight excluding hydrogens is 466 g/mol. The minimum absolute atomic E-state index is 0.0640. The molecule has 0 bridgehead atoms. The molecule has 128 valence electrons. The fraction of sp³-hybridized carbons (Fsp3) is 0.417. The molecule has 11 heteroatoms. The van der Waals surface area contributed by atoms with Crippen LogP contribution in [0.4, 0.5) is 13.6 Å². The fourth-order valence-corrected chi connectivity index (χ4v) is 5.31. The quantitative estimate of drug-likeness (QED) is 0.655. The minimum Gasteiger partial charge on any atom is -0.465 e. The molecule has 0 unspecified atom stereocenters. The predicted octanol–water partition coefficient (Wildman–Crippen LogP) is 2.91. The van der Waals surface area contributed by atoms with E-state index >= 15 is 0 Å². The van der Waals surface area contributed by atoms with Crippen molar-refractivity contribution in [1.29, 1.82) is 0 Å². The number of sulfonamides is 1. The van der Waals surface area contributed by atoms with Gasteiger partial charge in [-0.1, -0.05) is 0 Å². The van der Waals surface area contributed by atoms with Crippen molar-refractivity contribution in [3.63, 3.8) is 0 Å². The molecule has 0 saturated carbocycles. The van der Waals surface area contributed by atoms with Crippen LogP contribution in [0.3, 0.4) is 0 Å². The van der Waals surface area contributed by atoms with Gasteiger partial charge in [0.2, 0.25) is 10.0 Å². The SMILES string of the molecule is C[C@H]1C[C@@H](NS(=O)(=O)c2c(F)c(Br)cc(F)c2Br)CN1C(=O)O. The van der Waals surface area contributed by atoms with Crippen molar-refractivity contribution in [2.24, 2.45) is 0 Å². The molecular formula is C12H12Br2F2N2O4S. The summed E-state index contributed by atoms with van der Waals surface area (Å²) >= 11 is 5.50. The van der Waals surface area contributed by atoms with Crippen molar-refractivity contribution >= 4 is 48.0 Å². The molecule has 2 atom stereocenters. The molecule has 0 spiro atoms. The molecule has 6 nitrogen and oxygen atoms in total. The van der Waals surface area contributed by atoms with Gasteiger partial charge in [-0.3, -0.25) is 0 Å². The number of hydrogen-bond acceptors (Lipinski definition) is 3. The molecule has 1 fully saturated rings. The van der Waals surface area contributed by atoms with Gasteiger partial charge in [-0.05, 0) is 51.3 Å². The summed E-state index contributed by atoms with van der Waals surface area (Å²) in [6.07, 6.45) is -0.929. The largest absolute Gasteiger partial charge is 0.465 e. The molecule has 2 N–H and O–H groups in total. The average molecular weight is 478 g/mol. The first-order valence-corrected chi connectivity index (χ1v) is 9.46. The van der Waals surface area contributed by atoms with E-state index in [-0.39, 0.29) is 23.5 Å². The lowest BCUT2D eigenvalue weighted by molar-refractivity contribution is 0.143. The predicted molar refractivity (Wildman–Crippen MR) is 84.7 cm³/mol. The summed E-state index contributed by atoms with van der Waals surface area (Å²) in [7, 11) is -4.38. The van der Waals surface area contributed by atoms with Gasteiger partial charge in [0.25, 0.3) is 0 Å². The van der Waals surface area contributed by atoms with Crippen molar-refractivity contribution in [3.05, 3.63) is 26.6 Å². The van der Waals surface area contributed by atoms with Crippen LogP contribution < -0.4 is 4.72 Å². The Morgan fingerprint density at radius 1 is 1.43 bits per heavy atom. The number of carboxylic acid groups (broad SMARTS) is 1. The van der Waals surface area contributed by atoms with E-state index in [0.29, 0.717) is 0 Å². The van der Waals surface area contributed by atoms with Crippen molar-refractivity contribution < 1.29 is 27.1 Å². The first-order chi connectivity index (χ1) is 10.5. The van der Waals surface area contributed by atoms with Crippen molar-refractivity contribution in [2.45, 2.75) is 30.3 Å². The third-order valence-corrected chi connectivity index (χ3v) is 6.66. The van der Waals surface area contributed by atoms with E-state index in [1.807, 2.05) is 0 Å². The monoisotopic (exact) mass is 476 g/mol. The fourth-order valence-electron chi connectivity index (χ4n) is 2.45. The molecule has 1 aromatic carbocycles. The summed E-state index contributed by atoms with van der Waals surface area (Å²) in [4.78, 5) is 11.2. The molecule has 0 radical (unpaired) electrons. The van der Waals surface area contributed by atoms with Crippen LogP contribution in [0.25, 0.3) is 0 Å². The van der Waals surface area contributed by atoms with Crippen LogP contribution in [0.15, 0.2) is 19.9 Å². The smallest absolute Gasteiger partial charge is 0.407 e. The Morgan fingerprint density at radius 2 is 2.04 bits per heavy atom. The number of amides is 1. The van der Waals surface area contributed by atoms with Gasteiger partial charge in [-0.2, -0.15) is 0 Å². The highest BCUT2D eigenvalue weighted by molar-refractivity contribution is 9.11. The average Bonchev–Trinajstić information content (AvgIpc) is 2.76. The standard InChI is InChI=1S/C12H12Br2F2N2O4S/c1-5-2-6(4-18(5)12(19)20)17-23(21,22)11-9(14)8(15)3-7(13)10(11)16/h3,5-6,17H,2,4H2,1H3,(H,19,20)/t5-,6+/m0/s1. The van der Waals surface area contributed by atoms with Crippen LogP contribution in [-0.2, 0) is 10.0 Å². The van der Waals surface area contributed by atoms with Crippen LogP contribution in [0.2, 0.25) is 0 Å². The van der Waals surface area contributed by atoms with Crippen LogP contribution in [-0.4, -0.2) is 43.1 Å². The molecule has 1 saturated heterocycles. The highest BCUT2D eigenvalue weighted by Gasteiger charge is 2.36. The number of rotatable bonds is 3. The number of hydrogen-bond donors (Lipinski definition) is 2. The number of halogens is 4. The first-order valence-electron chi connectivity index (χ1n) is 6.39. The second-order valence-electron chi connectivity index (χ2n) is 5.14. The maximum absolute atomic E-state index is 14.1. The molecule has 0 aliphatic carbocycles. The van der Waals surface area contributed by atoms with E-state index in [2.05, 4.69) is 36.6 Å². The zero-order valence-electron chi connectivity index (χ0n) is 11.7. The maximum atomic E-state index is 14.1. The zero-order chi connectivity index (χ0) is 17.5. The lowest BCUT2D eigenvalue weighted by Gasteiger charge is -2.17. The molecule has 1 aliphatic rings. The third-order valence-electron chi connectivity index (χ3n) is 3.48. The zero-order valence-corrected chi connectivity index (χ0v) is 15.7. The van der Waals surface area contributed by atoms with Crippen LogP contribution in [0.1, 0.15) is 13.3 Å². The third kappa shape index (κ3) is 3.67. The van der Waals surface area contributed by atoms with E-state index in [1.165, 1.54) is 0 Å². The maximum Gasteiger partial charge on any atom is 0.407 e. The summed E-state index contributed by atoms with van der Waals surface area (Å²) in [5.74, 6) is -2.07. The Labute approximate surface area is 148 Å². The Balaban J connectivity index is 2.33. The number of nitrogens with zero attached hydrogens (tertiary/aromatic N) is 1. The van der Waals surface area contributed by atoms with Crippen LogP contribution in [0, 0.1) is 11.6 Å². The van der Waals surface area contributed by atoms with Gasteiger partial charge in [0.1, 0.15) is 10.7 Å². The molecule has 1 amide bonds. The van der Waals surface area contributed by atoms with Crippen molar-refractivity contribution in [1.82, 2.24) is 9.62 Å². The Kier molecular flexibility index (Phi) is 5.34. The summed E-state index contributed by atoms with van der Waals surface area (Å²) in [6.45, 7) is 1.57. The van der Waals surface area contributed by atoms with E-state index in [9.17, 15) is 22.0 Å². The Hall–Kier alpha value is -0.780. The number of likely N-dealkylation sites (tertiary alicyclic amines) is 1. The number of carbonyl (C=O) groups is 1. The van der Waals surface area contributed by atoms with E-state index in [0.717, 1.165) is 11.0 Å². The molecule has 0 aromatic heterocycles. The lowest BCUT2D eigenvalue weighted by atomic mass is 10.2. The highest BCUT2D eigenvalue weighted by Crippen LogP contribution is 2.33. The van der Waals surface area contributed by atoms with Crippen LogP contribution >= 0.6 is 31.9 Å². The van der Waals surface area contributed by atoms with E-state index < -0.39 is 43.2 Å². The minimum atomic E-state index is -4.38. The molecule has 1 aromatic rings. The summed E-state index contributed by atoms with van der Waals surface area (Å²) in [6, 6.07) is -0.297. The molecule has 2 rings (SSSR count). The highest BCUT2D eigenvalue weighted by atomic mass is 79.9. The van der Waals surface area contributed by atoms with Gasteiger partial charge in [-0.25, -0.2) is 26.7 Å². The molecule has 23 heavy (non-hydrogen) atoms. The van der Waals surface area contributed by atoms with E-state index in [4.69, 9.17) is 5.11 Å². The normalized spacial score (nSPS) is 21.7. The van der Waals surface area contributed by atoms with Crippen LogP contribution in [0.5, 0.6) is 0 Å². The van der Waals surface area contributed by atoms with E-state index in [1.54, 1.807) is 6.92 Å². The first kappa shape index (κ1) is 18.6. The number of nitrogens with one attached hydrogen (secondary N) is 1. The second kappa shape index (κ2) is 6.61. The van der Waals surface area contributed by atoms with Gasteiger partial charge < -0.3 is 10.0 Å².